The zero-order valence-electron chi connectivity index (χ0n) is 26.0. The number of halogens is 1. The van der Waals surface area contributed by atoms with E-state index < -0.39 is 71.8 Å². The Bertz CT molecular complexity index is 1520. The molecule has 0 saturated heterocycles. The average Bonchev–Trinajstić information content (AvgIpc) is 2.88. The van der Waals surface area contributed by atoms with E-state index >= 15 is 0 Å². The van der Waals surface area contributed by atoms with E-state index in [0.717, 1.165) is 0 Å². The fourth-order valence-electron chi connectivity index (χ4n) is 2.88. The highest BCUT2D eigenvalue weighted by Gasteiger charge is 2.21. The van der Waals surface area contributed by atoms with Crippen LogP contribution >= 0.6 is 0 Å². The number of nitrogens with zero attached hydrogens (tertiary/aromatic N) is 5. The summed E-state index contributed by atoms with van der Waals surface area (Å²) in [5, 5.41) is 0. The van der Waals surface area contributed by atoms with Crippen molar-refractivity contribution in [2.75, 3.05) is 19.1 Å². The van der Waals surface area contributed by atoms with E-state index in [0.29, 0.717) is 5.69 Å². The molecule has 8 nitrogen and oxygen atoms in total. The van der Waals surface area contributed by atoms with Crippen LogP contribution in [-0.4, -0.2) is 42.2 Å². The Hall–Kier alpha value is -3.88. The molecule has 1 aromatic heterocycles. The summed E-state index contributed by atoms with van der Waals surface area (Å²) >= 11 is 0. The zero-order chi connectivity index (χ0) is 30.4. The van der Waals surface area contributed by atoms with Gasteiger partial charge in [0, 0.05) is 24.4 Å². The number of benzene rings is 1. The lowest BCUT2D eigenvalue weighted by Crippen LogP contribution is -2.28. The Balaban J connectivity index is 2.30. The van der Waals surface area contributed by atoms with E-state index in [4.69, 9.17) is 21.4 Å². The maximum atomic E-state index is 15.0. The van der Waals surface area contributed by atoms with Gasteiger partial charge >= 0.3 is 6.09 Å². The Morgan fingerprint density at radius 1 is 1.31 bits per heavy atom. The van der Waals surface area contributed by atoms with Crippen LogP contribution in [-0.2, 0) is 11.2 Å². The molecule has 32 heavy (non-hydrogen) atoms. The number of anilines is 1. The van der Waals surface area contributed by atoms with Gasteiger partial charge in [0.1, 0.15) is 5.82 Å². The van der Waals surface area contributed by atoms with Gasteiger partial charge in [-0.05, 0) is 38.9 Å². The molecule has 1 aliphatic rings. The van der Waals surface area contributed by atoms with Crippen molar-refractivity contribution in [3.8, 4) is 0 Å². The minimum atomic E-state index is -3.07. The molecule has 1 aliphatic heterocycles. The van der Waals surface area contributed by atoms with Crippen molar-refractivity contribution < 1.29 is 24.9 Å². The molecule has 2 N–H and O–H groups in total. The zero-order valence-corrected chi connectivity index (χ0v) is 18.0. The highest BCUT2D eigenvalue weighted by molar-refractivity contribution is 6.12. The maximum absolute atomic E-state index is 15.0. The summed E-state index contributed by atoms with van der Waals surface area (Å²) in [5.41, 5.74) is 5.29. The summed E-state index contributed by atoms with van der Waals surface area (Å²) in [6, 6.07) is -3.53. The molecule has 2 aromatic rings. The largest absolute Gasteiger partial charge is 0.452 e. The molecule has 3 rings (SSSR count). The molecule has 1 aromatic carbocycles. The molecule has 2 heterocycles. The first-order chi connectivity index (χ1) is 18.5. The summed E-state index contributed by atoms with van der Waals surface area (Å²) in [6.07, 6.45) is -1.43. The first-order valence-corrected chi connectivity index (χ1v) is 9.23. The van der Waals surface area contributed by atoms with Gasteiger partial charge in [-0.25, -0.2) is 24.1 Å². The minimum absolute atomic E-state index is 0.153. The van der Waals surface area contributed by atoms with E-state index in [1.54, 1.807) is 13.8 Å². The lowest BCUT2D eigenvalue weighted by atomic mass is 10.1. The lowest BCUT2D eigenvalue weighted by molar-refractivity contribution is 0.180. The topological polar surface area (TPSA) is 106 Å². The number of dihydropyridines is 1. The van der Waals surface area contributed by atoms with Crippen LogP contribution in [0.25, 0.3) is 5.70 Å². The predicted octanol–water partition coefficient (Wildman–Crippen LogP) is 3.65. The van der Waals surface area contributed by atoms with Gasteiger partial charge in [0.15, 0.2) is 11.7 Å². The van der Waals surface area contributed by atoms with Gasteiger partial charge in [-0.2, -0.15) is 0 Å². The van der Waals surface area contributed by atoms with Gasteiger partial charge in [0.05, 0.1) is 47.3 Å². The van der Waals surface area contributed by atoms with Gasteiger partial charge in [0.2, 0.25) is 0 Å². The smallest absolute Gasteiger partial charge is 0.413 e. The normalized spacial score (nSPS) is 20.7. The van der Waals surface area contributed by atoms with Crippen LogP contribution in [0.5, 0.6) is 0 Å². The summed E-state index contributed by atoms with van der Waals surface area (Å²) in [4.78, 5) is 29.3. The van der Waals surface area contributed by atoms with Crippen molar-refractivity contribution in [2.24, 2.45) is 15.7 Å². The van der Waals surface area contributed by atoms with Gasteiger partial charge in [-0.3, -0.25) is 9.89 Å². The summed E-state index contributed by atoms with van der Waals surface area (Å²) in [7, 11) is 2.65. The number of aryl methyl sites for hydroxylation is 2. The quantitative estimate of drug-likeness (QED) is 0.775. The number of rotatable bonds is 4. The molecule has 0 radical (unpaired) electrons. The molecule has 1 amide bonds. The van der Waals surface area contributed by atoms with Crippen LogP contribution in [0.4, 0.5) is 14.9 Å². The highest BCUT2D eigenvalue weighted by atomic mass is 19.1. The molecule has 0 saturated carbocycles. The van der Waals surface area contributed by atoms with Gasteiger partial charge in [-0.1, -0.05) is 17.6 Å². The number of nitrogens with two attached hydrogens (primary N) is 1. The Kier molecular flexibility index (Phi) is 4.23. The van der Waals surface area contributed by atoms with E-state index in [1.807, 2.05) is 0 Å². The number of hydrogen-bond donors (Lipinski definition) is 1. The van der Waals surface area contributed by atoms with E-state index in [1.165, 1.54) is 26.0 Å². The van der Waals surface area contributed by atoms with E-state index in [-0.39, 0.29) is 28.5 Å². The predicted molar refractivity (Wildman–Crippen MR) is 123 cm³/mol. The molecule has 0 unspecified atom stereocenters. The van der Waals surface area contributed by atoms with Gasteiger partial charge < -0.3 is 10.5 Å². The van der Waals surface area contributed by atoms with E-state index in [2.05, 4.69) is 20.0 Å². The second-order valence-electron chi connectivity index (χ2n) is 6.59. The molecule has 0 fully saturated rings. The number of amidine groups is 1. The fourth-order valence-corrected chi connectivity index (χ4v) is 2.88. The van der Waals surface area contributed by atoms with Crippen LogP contribution in [0.1, 0.15) is 39.3 Å². The Morgan fingerprint density at radius 2 is 2.00 bits per heavy atom. The Labute approximate surface area is 197 Å². The van der Waals surface area contributed by atoms with Crippen LogP contribution in [0, 0.1) is 26.6 Å². The van der Waals surface area contributed by atoms with Crippen molar-refractivity contribution in [2.45, 2.75) is 27.3 Å². The minimum Gasteiger partial charge on any atom is -0.452 e. The lowest BCUT2D eigenvalue weighted by Gasteiger charge is -2.20. The van der Waals surface area contributed by atoms with Crippen molar-refractivity contribution in [1.29, 1.82) is 0 Å². The third-order valence-electron chi connectivity index (χ3n) is 4.32. The van der Waals surface area contributed by atoms with Crippen molar-refractivity contribution in [3.05, 3.63) is 70.0 Å². The van der Waals surface area contributed by atoms with Crippen molar-refractivity contribution in [3.63, 3.8) is 0 Å². The van der Waals surface area contributed by atoms with Gasteiger partial charge in [0.25, 0.3) is 0 Å². The number of methoxy groups -OCH3 is 1. The van der Waals surface area contributed by atoms with Crippen molar-refractivity contribution in [1.82, 2.24) is 9.97 Å². The molecular weight excluding hydrogens is 411 g/mol. The number of carbonyl (C=O) groups excluding carboxylic acids is 1. The molecule has 0 bridgehead atoms. The summed E-state index contributed by atoms with van der Waals surface area (Å²) < 4.78 is 84.8. The second-order valence-corrected chi connectivity index (χ2v) is 6.59. The molecule has 9 heteroatoms. The SMILES string of the molecule is [2H]C1=NC(=NC([2H])([2H])c2c([2H])c(C)c([2H])c([2H])c2F)C(=C(N)c2nc(C)c(N(C)C(=O)OC)c(C)n2)C([2H])=C1[2H]. The second kappa shape index (κ2) is 9.51. The third-order valence-corrected chi connectivity index (χ3v) is 4.32. The molecule has 0 atom stereocenters. The third kappa shape index (κ3) is 4.72. The number of carbonyl (C=O) groups is 1. The maximum Gasteiger partial charge on any atom is 0.413 e. The Morgan fingerprint density at radius 3 is 2.66 bits per heavy atom. The average molecular weight is 445 g/mol. The molecule has 0 spiro atoms. The number of aliphatic imine (C=N–C) groups is 2. The van der Waals surface area contributed by atoms with Crippen LogP contribution < -0.4 is 10.6 Å². The number of aromatic nitrogens is 2. The van der Waals surface area contributed by atoms with Crippen LogP contribution in [0.15, 0.2) is 45.8 Å². The monoisotopic (exact) mass is 444 g/mol. The number of allylic oxidation sites excluding steroid dienone is 1. The molecule has 0 aliphatic carbocycles. The number of amides is 1. The molecule has 166 valence electrons. The van der Waals surface area contributed by atoms with Crippen molar-refractivity contribution >= 4 is 29.5 Å². The molecular formula is C23H25FN6O2. The summed E-state index contributed by atoms with van der Waals surface area (Å²) in [5.74, 6) is -2.32. The van der Waals surface area contributed by atoms with Crippen LogP contribution in [0.3, 0.4) is 0 Å². The first kappa shape index (κ1) is 14.2. The van der Waals surface area contributed by atoms with Crippen LogP contribution in [0.2, 0.25) is 0 Å². The number of ether oxygens (including phenoxy) is 1. The fraction of sp³-hybridized carbons (Fsp3) is 0.261. The first-order valence-electron chi connectivity index (χ1n) is 13.2. The van der Waals surface area contributed by atoms with Gasteiger partial charge in [-0.15, -0.1) is 0 Å². The highest BCUT2D eigenvalue weighted by Crippen LogP contribution is 2.25. The number of hydrogen-bond acceptors (Lipinski definition) is 6. The standard InChI is InChI=1S/C23H25FN6O2/c1-13-8-9-18(24)16(11-13)12-27-21-17(7-6-10-26-21)19(25)22-28-14(2)20(15(3)29-22)30(4)23(31)32-5/h6-11H,12,25H2,1-5H3/i6D,7D,8D,9D,10D,11D,12D2. The van der Waals surface area contributed by atoms with E-state index in [9.17, 15) is 9.18 Å². The summed E-state index contributed by atoms with van der Waals surface area (Å²) in [6.45, 7) is 1.31.